The minimum absolute atomic E-state index is 0.186. The van der Waals surface area contributed by atoms with Gasteiger partial charge >= 0.3 is 0 Å². The van der Waals surface area contributed by atoms with E-state index in [0.29, 0.717) is 28.1 Å². The lowest BCUT2D eigenvalue weighted by atomic mass is 9.85. The molecule has 0 bridgehead atoms. The van der Waals surface area contributed by atoms with E-state index in [1.165, 1.54) is 12.0 Å². The maximum Gasteiger partial charge on any atom is 0.240 e. The molecule has 2 saturated heterocycles. The number of methoxy groups -OCH3 is 1. The Hall–Kier alpha value is -4.30. The maximum atomic E-state index is 13.9. The first-order valence-electron chi connectivity index (χ1n) is 12.5. The maximum absolute atomic E-state index is 13.9. The highest BCUT2D eigenvalue weighted by molar-refractivity contribution is 9.10. The number of imide groups is 1. The van der Waals surface area contributed by atoms with Gasteiger partial charge in [-0.3, -0.25) is 19.2 Å². The molecule has 3 aliphatic heterocycles. The summed E-state index contributed by atoms with van der Waals surface area (Å²) < 4.78 is 6.04. The molecule has 0 radical (unpaired) electrons. The zero-order valence-electron chi connectivity index (χ0n) is 20.9. The van der Waals surface area contributed by atoms with Gasteiger partial charge in [-0.25, -0.2) is 4.90 Å². The Morgan fingerprint density at radius 3 is 2.15 bits per heavy atom. The Morgan fingerprint density at radius 1 is 0.821 bits per heavy atom. The van der Waals surface area contributed by atoms with Gasteiger partial charge in [0.2, 0.25) is 11.8 Å². The quantitative estimate of drug-likeness (QED) is 0.305. The molecule has 2 amide bonds. The monoisotopic (exact) mass is 582 g/mol. The molecule has 7 nitrogen and oxygen atoms in total. The smallest absolute Gasteiger partial charge is 0.240 e. The van der Waals surface area contributed by atoms with Crippen LogP contribution in [0.4, 0.5) is 5.69 Å². The van der Waals surface area contributed by atoms with E-state index in [1.54, 1.807) is 96.0 Å². The van der Waals surface area contributed by atoms with Crippen molar-refractivity contribution in [3.63, 3.8) is 0 Å². The lowest BCUT2D eigenvalue weighted by Crippen LogP contribution is -2.46. The number of hydrogen-bond donors (Lipinski definition) is 0. The number of carbonyl (C=O) groups excluding carboxylic acids is 4. The van der Waals surface area contributed by atoms with Crippen molar-refractivity contribution in [1.29, 1.82) is 0 Å². The number of allylic oxidation sites excluding steroid dienone is 2. The molecule has 0 aromatic heterocycles. The molecule has 0 N–H and O–H groups in total. The number of anilines is 1. The first-order valence-corrected chi connectivity index (χ1v) is 13.3. The van der Waals surface area contributed by atoms with E-state index in [0.717, 1.165) is 4.47 Å². The fourth-order valence-corrected chi connectivity index (χ4v) is 5.99. The summed E-state index contributed by atoms with van der Waals surface area (Å²) in [5, 5.41) is 0. The van der Waals surface area contributed by atoms with E-state index < -0.39 is 35.7 Å². The number of fused-ring (bicyclic) bond motifs is 3. The number of benzene rings is 3. The van der Waals surface area contributed by atoms with E-state index in [1.807, 2.05) is 6.07 Å². The molecule has 39 heavy (non-hydrogen) atoms. The third-order valence-corrected chi connectivity index (χ3v) is 8.10. The van der Waals surface area contributed by atoms with Crippen LogP contribution in [0.2, 0.25) is 0 Å². The average molecular weight is 583 g/mol. The fourth-order valence-electron chi connectivity index (χ4n) is 5.72. The van der Waals surface area contributed by atoms with Crippen LogP contribution in [0, 0.1) is 11.8 Å². The number of nitrogens with zero attached hydrogens (tertiary/aromatic N) is 2. The first-order chi connectivity index (χ1) is 18.9. The highest BCUT2D eigenvalue weighted by Gasteiger charge is 2.63. The molecule has 3 aliphatic rings. The highest BCUT2D eigenvalue weighted by Crippen LogP contribution is 2.47. The van der Waals surface area contributed by atoms with Crippen molar-refractivity contribution in [1.82, 2.24) is 4.90 Å². The van der Waals surface area contributed by atoms with Gasteiger partial charge in [-0.15, -0.1) is 0 Å². The van der Waals surface area contributed by atoms with Crippen LogP contribution in [0.15, 0.2) is 107 Å². The summed E-state index contributed by atoms with van der Waals surface area (Å²) in [5.41, 5.74) is 1.79. The molecular formula is C31H23BrN2O5. The molecular weight excluding hydrogens is 560 g/mol. The van der Waals surface area contributed by atoms with Gasteiger partial charge in [-0.2, -0.15) is 0 Å². The van der Waals surface area contributed by atoms with Crippen molar-refractivity contribution in [2.75, 3.05) is 12.0 Å². The van der Waals surface area contributed by atoms with Crippen LogP contribution < -0.4 is 9.64 Å². The predicted octanol–water partition coefficient (Wildman–Crippen LogP) is 4.84. The zero-order chi connectivity index (χ0) is 27.3. The Kier molecular flexibility index (Phi) is 6.27. The van der Waals surface area contributed by atoms with Crippen LogP contribution in [0.1, 0.15) is 20.7 Å². The predicted molar refractivity (Wildman–Crippen MR) is 148 cm³/mol. The largest absolute Gasteiger partial charge is 0.497 e. The molecule has 4 atom stereocenters. The average Bonchev–Trinajstić information content (AvgIpc) is 3.44. The molecule has 6 rings (SSSR count). The molecule has 3 aromatic carbocycles. The van der Waals surface area contributed by atoms with Crippen molar-refractivity contribution < 1.29 is 23.9 Å². The Labute approximate surface area is 233 Å². The van der Waals surface area contributed by atoms with Crippen molar-refractivity contribution in [3.8, 4) is 5.75 Å². The molecule has 3 aromatic rings. The van der Waals surface area contributed by atoms with Crippen LogP contribution in [-0.2, 0) is 9.59 Å². The number of halogens is 1. The summed E-state index contributed by atoms with van der Waals surface area (Å²) in [6.07, 6.45) is 5.06. The van der Waals surface area contributed by atoms with Gasteiger partial charge in [0.1, 0.15) is 11.8 Å². The zero-order valence-corrected chi connectivity index (χ0v) is 22.4. The van der Waals surface area contributed by atoms with Gasteiger partial charge in [0, 0.05) is 27.4 Å². The van der Waals surface area contributed by atoms with Gasteiger partial charge < -0.3 is 9.64 Å². The van der Waals surface area contributed by atoms with E-state index in [-0.39, 0.29) is 11.6 Å². The Balaban J connectivity index is 1.42. The van der Waals surface area contributed by atoms with Crippen LogP contribution in [0.5, 0.6) is 5.75 Å². The van der Waals surface area contributed by atoms with Crippen LogP contribution in [0.25, 0.3) is 0 Å². The van der Waals surface area contributed by atoms with Gasteiger partial charge in [-0.05, 0) is 42.5 Å². The van der Waals surface area contributed by atoms with E-state index >= 15 is 0 Å². The van der Waals surface area contributed by atoms with E-state index in [2.05, 4.69) is 15.9 Å². The first kappa shape index (κ1) is 25.0. The summed E-state index contributed by atoms with van der Waals surface area (Å²) >= 11 is 3.39. The number of ether oxygens (including phenoxy) is 1. The van der Waals surface area contributed by atoms with Gasteiger partial charge in [0.05, 0.1) is 30.7 Å². The van der Waals surface area contributed by atoms with Gasteiger partial charge in [-0.1, -0.05) is 64.5 Å². The summed E-state index contributed by atoms with van der Waals surface area (Å²) in [6, 6.07) is 20.9. The second-order valence-corrected chi connectivity index (χ2v) is 10.6. The van der Waals surface area contributed by atoms with Crippen molar-refractivity contribution in [2.24, 2.45) is 11.8 Å². The second-order valence-electron chi connectivity index (χ2n) is 9.65. The van der Waals surface area contributed by atoms with Crippen molar-refractivity contribution in [3.05, 3.63) is 118 Å². The summed E-state index contributed by atoms with van der Waals surface area (Å²) in [4.78, 5) is 57.9. The molecule has 0 unspecified atom stereocenters. The molecule has 2 fully saturated rings. The number of Topliss-reactive ketones (excluding diaryl/α,β-unsaturated/α-hetero) is 2. The molecule has 194 valence electrons. The summed E-state index contributed by atoms with van der Waals surface area (Å²) in [6.45, 7) is 0. The molecule has 0 spiro atoms. The number of rotatable bonds is 6. The van der Waals surface area contributed by atoms with Crippen molar-refractivity contribution in [2.45, 2.75) is 12.1 Å². The van der Waals surface area contributed by atoms with E-state index in [4.69, 9.17) is 4.74 Å². The molecule has 0 aliphatic carbocycles. The molecule has 3 heterocycles. The molecule has 8 heteroatoms. The number of amides is 2. The van der Waals surface area contributed by atoms with Gasteiger partial charge in [0.15, 0.2) is 11.6 Å². The minimum atomic E-state index is -0.909. The highest BCUT2D eigenvalue weighted by atomic mass is 79.9. The summed E-state index contributed by atoms with van der Waals surface area (Å²) in [5.74, 6) is -2.41. The van der Waals surface area contributed by atoms with Gasteiger partial charge in [0.25, 0.3) is 0 Å². The Bertz CT molecular complexity index is 1550. The van der Waals surface area contributed by atoms with Crippen LogP contribution in [-0.4, -0.2) is 47.5 Å². The third-order valence-electron chi connectivity index (χ3n) is 7.57. The lowest BCUT2D eigenvalue weighted by molar-refractivity contribution is -0.123. The van der Waals surface area contributed by atoms with E-state index in [9.17, 15) is 19.2 Å². The number of ketones is 2. The third kappa shape index (κ3) is 4.12. The second kappa shape index (κ2) is 9.78. The SMILES string of the molecule is COc1ccc(N2C(=O)[C@@H]3[C@H](C2=O)[C@@H](C(=O)c2ccc(Br)cc2)N2C=CC(C(=O)c4ccccc4)=C[C@H]32)cc1. The topological polar surface area (TPSA) is 84.0 Å². The number of hydrogen-bond acceptors (Lipinski definition) is 6. The normalized spacial score (nSPS) is 23.4. The summed E-state index contributed by atoms with van der Waals surface area (Å²) in [7, 11) is 1.54. The molecule has 0 saturated carbocycles. The van der Waals surface area contributed by atoms with Crippen molar-refractivity contribution >= 4 is 45.0 Å². The Morgan fingerprint density at radius 2 is 1.49 bits per heavy atom. The standard InChI is InChI=1S/C31H23BrN2O5/c1-39-23-13-11-22(12-14-23)34-30(37)25-24-17-20(28(35)18-5-3-2-4-6-18)15-16-33(24)27(26(25)31(34)38)29(36)19-7-9-21(32)10-8-19/h2-17,24-27H,1H3/t24-,25+,26+,27+/m1/s1. The fraction of sp³-hybridized carbons (Fsp3) is 0.161. The lowest BCUT2D eigenvalue weighted by Gasteiger charge is -2.32. The minimum Gasteiger partial charge on any atom is -0.497 e. The van der Waals surface area contributed by atoms with Crippen LogP contribution >= 0.6 is 15.9 Å². The van der Waals surface area contributed by atoms with Crippen LogP contribution in [0.3, 0.4) is 0 Å². The number of carbonyl (C=O) groups is 4.